The molecule has 0 saturated carbocycles. The number of aromatic nitrogens is 2. The number of carbonyl (C=O) groups is 1. The highest BCUT2D eigenvalue weighted by atomic mass is 16.7. The molecule has 0 bridgehead atoms. The van der Waals surface area contributed by atoms with Crippen molar-refractivity contribution in [3.63, 3.8) is 0 Å². The van der Waals surface area contributed by atoms with E-state index in [0.29, 0.717) is 34.3 Å². The molecule has 0 aliphatic carbocycles. The first-order chi connectivity index (χ1) is 13.2. The highest BCUT2D eigenvalue weighted by molar-refractivity contribution is 6.03. The summed E-state index contributed by atoms with van der Waals surface area (Å²) in [6, 6.07) is 17.4. The number of anilines is 3. The fourth-order valence-corrected chi connectivity index (χ4v) is 2.50. The van der Waals surface area contributed by atoms with E-state index < -0.39 is 0 Å². The number of nitrogens with zero attached hydrogens (tertiary/aromatic N) is 3. The van der Waals surface area contributed by atoms with Crippen LogP contribution in [0.2, 0.25) is 0 Å². The molecule has 2 aromatic carbocycles. The number of benzene rings is 2. The summed E-state index contributed by atoms with van der Waals surface area (Å²) in [7, 11) is 0. The summed E-state index contributed by atoms with van der Waals surface area (Å²) in [6.07, 6.45) is 0. The smallest absolute Gasteiger partial charge is 0.276 e. The van der Waals surface area contributed by atoms with E-state index in [-0.39, 0.29) is 18.4 Å². The van der Waals surface area contributed by atoms with Crippen LogP contribution in [-0.4, -0.2) is 22.9 Å². The van der Waals surface area contributed by atoms with Crippen molar-refractivity contribution >= 4 is 23.1 Å². The molecule has 4 rings (SSSR count). The van der Waals surface area contributed by atoms with E-state index in [4.69, 9.17) is 14.7 Å². The van der Waals surface area contributed by atoms with Gasteiger partial charge in [0, 0.05) is 17.4 Å². The number of nitrogens with one attached hydrogen (secondary N) is 2. The van der Waals surface area contributed by atoms with Crippen LogP contribution < -0.4 is 20.1 Å². The molecular weight excluding hydrogens is 346 g/mol. The third-order valence-corrected chi connectivity index (χ3v) is 3.79. The van der Waals surface area contributed by atoms with Gasteiger partial charge in [-0.15, -0.1) is 10.2 Å². The van der Waals surface area contributed by atoms with Gasteiger partial charge >= 0.3 is 0 Å². The lowest BCUT2D eigenvalue weighted by Crippen LogP contribution is -2.14. The Bertz CT molecular complexity index is 1040. The predicted octanol–water partition coefficient (Wildman–Crippen LogP) is 3.07. The van der Waals surface area contributed by atoms with Gasteiger partial charge < -0.3 is 20.1 Å². The number of rotatable bonds is 4. The number of hydrogen-bond donors (Lipinski definition) is 2. The lowest BCUT2D eigenvalue weighted by molar-refractivity contribution is 0.102. The molecule has 0 fully saturated rings. The van der Waals surface area contributed by atoms with Gasteiger partial charge in [-0.05, 0) is 42.5 Å². The van der Waals surface area contributed by atoms with Crippen LogP contribution in [0.15, 0.2) is 54.6 Å². The van der Waals surface area contributed by atoms with E-state index in [2.05, 4.69) is 26.9 Å². The zero-order valence-corrected chi connectivity index (χ0v) is 14.0. The van der Waals surface area contributed by atoms with Crippen LogP contribution in [0.3, 0.4) is 0 Å². The summed E-state index contributed by atoms with van der Waals surface area (Å²) in [5.41, 5.74) is 1.99. The predicted molar refractivity (Wildman–Crippen MR) is 97.0 cm³/mol. The number of ether oxygens (including phenoxy) is 2. The normalized spacial score (nSPS) is 11.5. The Morgan fingerprint density at radius 2 is 1.89 bits per heavy atom. The zero-order chi connectivity index (χ0) is 18.6. The Labute approximate surface area is 154 Å². The number of nitriles is 1. The molecule has 132 valence electrons. The van der Waals surface area contributed by atoms with E-state index in [9.17, 15) is 4.79 Å². The van der Waals surface area contributed by atoms with Crippen LogP contribution in [0.25, 0.3) is 0 Å². The summed E-state index contributed by atoms with van der Waals surface area (Å²) < 4.78 is 10.5. The van der Waals surface area contributed by atoms with Gasteiger partial charge in [-0.25, -0.2) is 0 Å². The molecule has 8 nitrogen and oxygen atoms in total. The van der Waals surface area contributed by atoms with Gasteiger partial charge in [-0.2, -0.15) is 5.26 Å². The quantitative estimate of drug-likeness (QED) is 0.737. The van der Waals surface area contributed by atoms with Crippen LogP contribution in [0.5, 0.6) is 11.5 Å². The molecule has 1 aromatic heterocycles. The number of hydrogen-bond acceptors (Lipinski definition) is 7. The van der Waals surface area contributed by atoms with E-state index in [0.717, 1.165) is 0 Å². The Morgan fingerprint density at radius 3 is 2.70 bits per heavy atom. The highest BCUT2D eigenvalue weighted by Crippen LogP contribution is 2.34. The summed E-state index contributed by atoms with van der Waals surface area (Å²) in [6.45, 7) is 0.171. The van der Waals surface area contributed by atoms with Crippen LogP contribution in [0.1, 0.15) is 16.1 Å². The second-order valence-electron chi connectivity index (χ2n) is 5.64. The molecule has 2 N–H and O–H groups in total. The Kier molecular flexibility index (Phi) is 4.25. The van der Waals surface area contributed by atoms with Crippen molar-refractivity contribution in [2.75, 3.05) is 17.4 Å². The second-order valence-corrected chi connectivity index (χ2v) is 5.64. The van der Waals surface area contributed by atoms with Gasteiger partial charge in [0.05, 0.1) is 11.6 Å². The molecule has 0 saturated heterocycles. The number of fused-ring (bicyclic) bond motifs is 1. The van der Waals surface area contributed by atoms with Gasteiger partial charge in [0.2, 0.25) is 6.79 Å². The van der Waals surface area contributed by atoms with Gasteiger partial charge in [0.15, 0.2) is 23.0 Å². The van der Waals surface area contributed by atoms with Crippen molar-refractivity contribution in [2.24, 2.45) is 0 Å². The van der Waals surface area contributed by atoms with Crippen molar-refractivity contribution in [3.8, 4) is 17.6 Å². The minimum absolute atomic E-state index is 0.170. The average molecular weight is 359 g/mol. The zero-order valence-electron chi connectivity index (χ0n) is 14.0. The summed E-state index contributed by atoms with van der Waals surface area (Å²) >= 11 is 0. The topological polar surface area (TPSA) is 109 Å². The molecule has 3 aromatic rings. The minimum atomic E-state index is -0.389. The van der Waals surface area contributed by atoms with Crippen molar-refractivity contribution in [1.29, 1.82) is 5.26 Å². The monoisotopic (exact) mass is 359 g/mol. The van der Waals surface area contributed by atoms with Crippen LogP contribution in [-0.2, 0) is 0 Å². The van der Waals surface area contributed by atoms with Crippen molar-refractivity contribution in [2.45, 2.75) is 0 Å². The molecule has 1 aliphatic rings. The summed E-state index contributed by atoms with van der Waals surface area (Å²) in [4.78, 5) is 12.3. The molecule has 0 unspecified atom stereocenters. The molecule has 1 aliphatic heterocycles. The Morgan fingerprint density at radius 1 is 1.00 bits per heavy atom. The van der Waals surface area contributed by atoms with Gasteiger partial charge in [-0.3, -0.25) is 4.79 Å². The first-order valence-corrected chi connectivity index (χ1v) is 8.03. The fraction of sp³-hybridized carbons (Fsp3) is 0.0526. The lowest BCUT2D eigenvalue weighted by Gasteiger charge is -2.07. The first-order valence-electron chi connectivity index (χ1n) is 8.03. The minimum Gasteiger partial charge on any atom is -0.454 e. The molecule has 0 spiro atoms. The van der Waals surface area contributed by atoms with Crippen LogP contribution in [0, 0.1) is 11.3 Å². The standard InChI is InChI=1S/C19H13N5O3/c20-10-12-2-1-3-13(8-12)21-18-7-5-15(23-24-18)19(25)22-14-4-6-16-17(9-14)27-11-26-16/h1-9H,11H2,(H,21,24)(H,22,25). The van der Waals surface area contributed by atoms with Gasteiger partial charge in [-0.1, -0.05) is 6.07 Å². The van der Waals surface area contributed by atoms with Gasteiger partial charge in [0.1, 0.15) is 0 Å². The van der Waals surface area contributed by atoms with E-state index in [1.165, 1.54) is 0 Å². The Balaban J connectivity index is 1.43. The SMILES string of the molecule is N#Cc1cccc(Nc2ccc(C(=O)Nc3ccc4c(c3)OCO4)nn2)c1. The molecule has 2 heterocycles. The summed E-state index contributed by atoms with van der Waals surface area (Å²) in [5.74, 6) is 1.30. The summed E-state index contributed by atoms with van der Waals surface area (Å²) in [5, 5.41) is 22.6. The molecule has 27 heavy (non-hydrogen) atoms. The molecule has 8 heteroatoms. The van der Waals surface area contributed by atoms with E-state index in [1.807, 2.05) is 6.07 Å². The third kappa shape index (κ3) is 3.62. The Hall–Kier alpha value is -4.12. The maximum absolute atomic E-state index is 12.3. The third-order valence-electron chi connectivity index (χ3n) is 3.79. The lowest BCUT2D eigenvalue weighted by atomic mass is 10.2. The van der Waals surface area contributed by atoms with Crippen LogP contribution >= 0.6 is 0 Å². The molecular formula is C19H13N5O3. The van der Waals surface area contributed by atoms with E-state index in [1.54, 1.807) is 48.5 Å². The maximum Gasteiger partial charge on any atom is 0.276 e. The first kappa shape index (κ1) is 16.4. The highest BCUT2D eigenvalue weighted by Gasteiger charge is 2.15. The number of amides is 1. The molecule has 1 amide bonds. The van der Waals surface area contributed by atoms with Crippen molar-refractivity contribution in [1.82, 2.24) is 10.2 Å². The van der Waals surface area contributed by atoms with Crippen molar-refractivity contribution < 1.29 is 14.3 Å². The largest absolute Gasteiger partial charge is 0.454 e. The average Bonchev–Trinajstić information content (AvgIpc) is 3.16. The second kappa shape index (κ2) is 7.01. The van der Waals surface area contributed by atoms with Gasteiger partial charge in [0.25, 0.3) is 5.91 Å². The van der Waals surface area contributed by atoms with E-state index >= 15 is 0 Å². The van der Waals surface area contributed by atoms with Crippen molar-refractivity contribution in [3.05, 3.63) is 65.9 Å². The molecule has 0 atom stereocenters. The van der Waals surface area contributed by atoms with Crippen LogP contribution in [0.4, 0.5) is 17.2 Å². The maximum atomic E-state index is 12.3. The molecule has 0 radical (unpaired) electrons. The number of carbonyl (C=O) groups excluding carboxylic acids is 1. The fourth-order valence-electron chi connectivity index (χ4n) is 2.50.